The molecule has 0 aliphatic carbocycles. The Balaban J connectivity index is 2.37. The fourth-order valence-corrected chi connectivity index (χ4v) is 3.91. The van der Waals surface area contributed by atoms with Crippen LogP contribution in [0, 0.1) is 0 Å². The van der Waals surface area contributed by atoms with Crippen molar-refractivity contribution in [1.82, 2.24) is 0 Å². The minimum absolute atomic E-state index is 0.0902. The molecule has 0 heterocycles. The van der Waals surface area contributed by atoms with Crippen LogP contribution in [0.4, 0.5) is 5.69 Å². The Bertz CT molecular complexity index is 783. The molecule has 0 aliphatic rings. The number of sulfone groups is 1. The van der Waals surface area contributed by atoms with E-state index in [9.17, 15) is 13.2 Å². The number of carbonyl (C=O) groups is 1. The molecule has 2 aromatic rings. The lowest BCUT2D eigenvalue weighted by Crippen LogP contribution is -2.14. The minimum atomic E-state index is -3.41. The van der Waals surface area contributed by atoms with Gasteiger partial charge in [-0.25, -0.2) is 8.42 Å². The van der Waals surface area contributed by atoms with Gasteiger partial charge in [-0.05, 0) is 30.3 Å². The van der Waals surface area contributed by atoms with Gasteiger partial charge in [0.15, 0.2) is 9.84 Å². The summed E-state index contributed by atoms with van der Waals surface area (Å²) in [5, 5.41) is 2.63. The van der Waals surface area contributed by atoms with E-state index < -0.39 is 9.84 Å². The van der Waals surface area contributed by atoms with Gasteiger partial charge in [-0.2, -0.15) is 0 Å². The van der Waals surface area contributed by atoms with E-state index in [0.717, 1.165) is 15.2 Å². The van der Waals surface area contributed by atoms with Crippen LogP contribution in [-0.4, -0.2) is 20.6 Å². The first kappa shape index (κ1) is 16.2. The zero-order valence-electron chi connectivity index (χ0n) is 10.9. The van der Waals surface area contributed by atoms with Crippen molar-refractivity contribution in [3.05, 3.63) is 57.0 Å². The average Bonchev–Trinajstić information content (AvgIpc) is 2.37. The Labute approximate surface area is 139 Å². The molecule has 1 N–H and O–H groups in total. The number of halogens is 2. The molecule has 4 nitrogen and oxygen atoms in total. The van der Waals surface area contributed by atoms with Crippen LogP contribution in [-0.2, 0) is 9.84 Å². The number of anilines is 1. The molecule has 0 bridgehead atoms. The van der Waals surface area contributed by atoms with Gasteiger partial charge in [-0.1, -0.05) is 44.0 Å². The van der Waals surface area contributed by atoms with Gasteiger partial charge in [-0.3, -0.25) is 4.79 Å². The minimum Gasteiger partial charge on any atom is -0.321 e. The summed E-state index contributed by atoms with van der Waals surface area (Å²) in [5.74, 6) is -0.381. The van der Waals surface area contributed by atoms with E-state index in [1.165, 1.54) is 6.07 Å². The smallest absolute Gasteiger partial charge is 0.255 e. The summed E-state index contributed by atoms with van der Waals surface area (Å²) in [6.07, 6.45) is 1.10. The fourth-order valence-electron chi connectivity index (χ4n) is 1.77. The number of rotatable bonds is 3. The third-order valence-electron chi connectivity index (χ3n) is 2.66. The molecule has 7 heteroatoms. The third-order valence-corrected chi connectivity index (χ3v) is 4.73. The highest BCUT2D eigenvalue weighted by Gasteiger charge is 2.15. The standard InChI is InChI=1S/C14H11Br2NO3S/c1-21(19,20)13-5-3-2-4-12(13)17-14(18)9-6-10(15)8-11(16)7-9/h2-8H,1H3,(H,17,18). The van der Waals surface area contributed by atoms with Crippen molar-refractivity contribution in [3.63, 3.8) is 0 Å². The molecule has 0 fully saturated rings. The van der Waals surface area contributed by atoms with Crippen LogP contribution in [0.5, 0.6) is 0 Å². The number of amides is 1. The Morgan fingerprint density at radius 2 is 1.62 bits per heavy atom. The van der Waals surface area contributed by atoms with Crippen molar-refractivity contribution in [2.75, 3.05) is 11.6 Å². The maximum Gasteiger partial charge on any atom is 0.255 e. The summed E-state index contributed by atoms with van der Waals surface area (Å²) in [7, 11) is -3.41. The third kappa shape index (κ3) is 4.15. The van der Waals surface area contributed by atoms with Gasteiger partial charge in [-0.15, -0.1) is 0 Å². The number of carbonyl (C=O) groups excluding carboxylic acids is 1. The lowest BCUT2D eigenvalue weighted by molar-refractivity contribution is 0.102. The Kier molecular flexibility index (Phi) is 4.85. The van der Waals surface area contributed by atoms with E-state index in [4.69, 9.17) is 0 Å². The molecule has 2 rings (SSSR count). The maximum atomic E-state index is 12.3. The van der Waals surface area contributed by atoms with E-state index in [-0.39, 0.29) is 16.5 Å². The second-order valence-corrected chi connectivity index (χ2v) is 8.20. The van der Waals surface area contributed by atoms with E-state index in [1.54, 1.807) is 36.4 Å². The second kappa shape index (κ2) is 6.29. The molecule has 1 amide bonds. The molecule has 0 radical (unpaired) electrons. The van der Waals surface area contributed by atoms with Crippen LogP contribution in [0.1, 0.15) is 10.4 Å². The van der Waals surface area contributed by atoms with Crippen LogP contribution in [0.3, 0.4) is 0 Å². The van der Waals surface area contributed by atoms with E-state index >= 15 is 0 Å². The lowest BCUT2D eigenvalue weighted by Gasteiger charge is -2.10. The molecule has 0 spiro atoms. The van der Waals surface area contributed by atoms with Crippen LogP contribution in [0.15, 0.2) is 56.3 Å². The predicted octanol–water partition coefficient (Wildman–Crippen LogP) is 3.87. The maximum absolute atomic E-state index is 12.3. The van der Waals surface area contributed by atoms with Gasteiger partial charge in [0.2, 0.25) is 0 Å². The highest BCUT2D eigenvalue weighted by molar-refractivity contribution is 9.11. The first-order valence-electron chi connectivity index (χ1n) is 5.84. The van der Waals surface area contributed by atoms with Crippen molar-refractivity contribution in [3.8, 4) is 0 Å². The number of hydrogen-bond acceptors (Lipinski definition) is 3. The van der Waals surface area contributed by atoms with Crippen molar-refractivity contribution in [1.29, 1.82) is 0 Å². The molecule has 0 aromatic heterocycles. The zero-order valence-corrected chi connectivity index (χ0v) is 14.9. The summed E-state index contributed by atoms with van der Waals surface area (Å²) in [6, 6.07) is 11.4. The highest BCUT2D eigenvalue weighted by atomic mass is 79.9. The zero-order chi connectivity index (χ0) is 15.6. The lowest BCUT2D eigenvalue weighted by atomic mass is 10.2. The van der Waals surface area contributed by atoms with Gasteiger partial charge in [0, 0.05) is 20.8 Å². The monoisotopic (exact) mass is 431 g/mol. The van der Waals surface area contributed by atoms with Gasteiger partial charge < -0.3 is 5.32 Å². The van der Waals surface area contributed by atoms with Crippen molar-refractivity contribution in [2.45, 2.75) is 4.90 Å². The molecule has 0 unspecified atom stereocenters. The van der Waals surface area contributed by atoms with Crippen LogP contribution < -0.4 is 5.32 Å². The second-order valence-electron chi connectivity index (χ2n) is 4.38. The first-order valence-corrected chi connectivity index (χ1v) is 9.31. The SMILES string of the molecule is CS(=O)(=O)c1ccccc1NC(=O)c1cc(Br)cc(Br)c1. The molecular weight excluding hydrogens is 422 g/mol. The summed E-state index contributed by atoms with van der Waals surface area (Å²) < 4.78 is 24.9. The molecule has 21 heavy (non-hydrogen) atoms. The molecule has 0 saturated carbocycles. The number of para-hydroxylation sites is 1. The van der Waals surface area contributed by atoms with E-state index in [1.807, 2.05) is 0 Å². The largest absolute Gasteiger partial charge is 0.321 e. The van der Waals surface area contributed by atoms with Crippen molar-refractivity contribution in [2.24, 2.45) is 0 Å². The van der Waals surface area contributed by atoms with E-state index in [0.29, 0.717) is 5.56 Å². The van der Waals surface area contributed by atoms with Crippen LogP contribution in [0.2, 0.25) is 0 Å². The molecule has 0 aliphatic heterocycles. The van der Waals surface area contributed by atoms with Crippen LogP contribution >= 0.6 is 31.9 Å². The Morgan fingerprint density at radius 3 is 2.19 bits per heavy atom. The Hall–Kier alpha value is -1.18. The molecule has 0 atom stereocenters. The predicted molar refractivity (Wildman–Crippen MR) is 89.3 cm³/mol. The molecule has 2 aromatic carbocycles. The Morgan fingerprint density at radius 1 is 1.05 bits per heavy atom. The summed E-state index contributed by atoms with van der Waals surface area (Å²) in [5.41, 5.74) is 0.681. The average molecular weight is 433 g/mol. The number of nitrogens with one attached hydrogen (secondary N) is 1. The first-order chi connectivity index (χ1) is 9.77. The van der Waals surface area contributed by atoms with Gasteiger partial charge in [0.05, 0.1) is 10.6 Å². The quantitative estimate of drug-likeness (QED) is 0.800. The fraction of sp³-hybridized carbons (Fsp3) is 0.0714. The van der Waals surface area contributed by atoms with E-state index in [2.05, 4.69) is 37.2 Å². The number of hydrogen-bond donors (Lipinski definition) is 1. The normalized spacial score (nSPS) is 11.2. The van der Waals surface area contributed by atoms with Crippen molar-refractivity contribution < 1.29 is 13.2 Å². The summed E-state index contributed by atoms with van der Waals surface area (Å²) >= 11 is 6.61. The van der Waals surface area contributed by atoms with Crippen LogP contribution in [0.25, 0.3) is 0 Å². The molecular formula is C14H11Br2NO3S. The molecule has 0 saturated heterocycles. The highest BCUT2D eigenvalue weighted by Crippen LogP contribution is 2.24. The van der Waals surface area contributed by atoms with Gasteiger partial charge in [0.1, 0.15) is 0 Å². The topological polar surface area (TPSA) is 63.2 Å². The van der Waals surface area contributed by atoms with Crippen molar-refractivity contribution >= 4 is 53.3 Å². The number of benzene rings is 2. The van der Waals surface area contributed by atoms with Gasteiger partial charge in [0.25, 0.3) is 5.91 Å². The summed E-state index contributed by atoms with van der Waals surface area (Å²) in [6.45, 7) is 0. The summed E-state index contributed by atoms with van der Waals surface area (Å²) in [4.78, 5) is 12.3. The molecule has 110 valence electrons. The van der Waals surface area contributed by atoms with Gasteiger partial charge >= 0.3 is 0 Å².